The van der Waals surface area contributed by atoms with Gasteiger partial charge in [-0.15, -0.1) is 0 Å². The van der Waals surface area contributed by atoms with Gasteiger partial charge in [0.2, 0.25) is 6.79 Å². The zero-order chi connectivity index (χ0) is 21.0. The van der Waals surface area contributed by atoms with Gasteiger partial charge in [0.25, 0.3) is 5.91 Å². The van der Waals surface area contributed by atoms with Crippen LogP contribution in [0.5, 0.6) is 11.5 Å². The maximum absolute atomic E-state index is 13.1. The zero-order valence-electron chi connectivity index (χ0n) is 18.0. The summed E-state index contributed by atoms with van der Waals surface area (Å²) in [7, 11) is 0. The number of benzene rings is 2. The standard InChI is InChI=1S/C25H31N3O3/c29-25(20-8-6-19(7-9-20)16-27-12-2-1-3-13-27)28-14-4-5-22(17-28)26-21-10-11-23-24(15-21)31-18-30-23/h6-11,15,22,26H,1-5,12-14,16-18H2. The lowest BCUT2D eigenvalue weighted by Crippen LogP contribution is -2.45. The van der Waals surface area contributed by atoms with Crippen LogP contribution in [0.3, 0.4) is 0 Å². The first kappa shape index (κ1) is 20.2. The predicted molar refractivity (Wildman–Crippen MR) is 121 cm³/mol. The smallest absolute Gasteiger partial charge is 0.253 e. The molecule has 2 aromatic rings. The molecular formula is C25H31N3O3. The molecule has 2 aromatic carbocycles. The average Bonchev–Trinajstić information content (AvgIpc) is 3.28. The number of rotatable bonds is 5. The molecule has 1 atom stereocenters. The Bertz CT molecular complexity index is 909. The molecule has 3 aliphatic heterocycles. The monoisotopic (exact) mass is 421 g/mol. The lowest BCUT2D eigenvalue weighted by atomic mass is 10.0. The molecule has 6 heteroatoms. The Kier molecular flexibility index (Phi) is 5.98. The molecule has 1 unspecified atom stereocenters. The van der Waals surface area contributed by atoms with Crippen LogP contribution in [-0.2, 0) is 6.54 Å². The minimum absolute atomic E-state index is 0.127. The van der Waals surface area contributed by atoms with Crippen LogP contribution >= 0.6 is 0 Å². The molecule has 2 fully saturated rings. The van der Waals surface area contributed by atoms with Crippen molar-refractivity contribution in [3.05, 3.63) is 53.6 Å². The van der Waals surface area contributed by atoms with E-state index in [-0.39, 0.29) is 18.7 Å². The van der Waals surface area contributed by atoms with Crippen molar-refractivity contribution in [1.82, 2.24) is 9.80 Å². The third-order valence-corrected chi connectivity index (χ3v) is 6.51. The number of hydrogen-bond donors (Lipinski definition) is 1. The summed E-state index contributed by atoms with van der Waals surface area (Å²) < 4.78 is 10.9. The van der Waals surface area contributed by atoms with E-state index in [1.54, 1.807) is 0 Å². The number of carbonyl (C=O) groups is 1. The van der Waals surface area contributed by atoms with Crippen molar-refractivity contribution in [2.45, 2.75) is 44.7 Å². The minimum atomic E-state index is 0.127. The summed E-state index contributed by atoms with van der Waals surface area (Å²) in [5.41, 5.74) is 3.08. The summed E-state index contributed by atoms with van der Waals surface area (Å²) in [5, 5.41) is 3.57. The van der Waals surface area contributed by atoms with Gasteiger partial charge in [-0.1, -0.05) is 18.6 Å². The van der Waals surface area contributed by atoms with E-state index in [1.165, 1.54) is 37.9 Å². The fourth-order valence-corrected chi connectivity index (χ4v) is 4.81. The molecule has 31 heavy (non-hydrogen) atoms. The average molecular weight is 422 g/mol. The molecule has 164 valence electrons. The summed E-state index contributed by atoms with van der Waals surface area (Å²) in [4.78, 5) is 17.6. The van der Waals surface area contributed by atoms with E-state index in [1.807, 2.05) is 35.2 Å². The highest BCUT2D eigenvalue weighted by atomic mass is 16.7. The Hall–Kier alpha value is -2.73. The number of anilines is 1. The number of likely N-dealkylation sites (tertiary alicyclic amines) is 2. The van der Waals surface area contributed by atoms with Crippen LogP contribution in [0.2, 0.25) is 0 Å². The van der Waals surface area contributed by atoms with Gasteiger partial charge in [-0.25, -0.2) is 0 Å². The minimum Gasteiger partial charge on any atom is -0.454 e. The molecule has 0 bridgehead atoms. The number of nitrogens with zero attached hydrogens (tertiary/aromatic N) is 2. The van der Waals surface area contributed by atoms with Gasteiger partial charge >= 0.3 is 0 Å². The van der Waals surface area contributed by atoms with Gasteiger partial charge in [0, 0.05) is 43.0 Å². The Labute approximate surface area is 184 Å². The SMILES string of the molecule is O=C(c1ccc(CN2CCCCC2)cc1)N1CCCC(Nc2ccc3c(c2)OCO3)C1. The predicted octanol–water partition coefficient (Wildman–Crippen LogP) is 4.12. The first-order chi connectivity index (χ1) is 15.2. The Morgan fingerprint density at radius 1 is 0.935 bits per heavy atom. The molecule has 0 radical (unpaired) electrons. The summed E-state index contributed by atoms with van der Waals surface area (Å²) in [5.74, 6) is 1.69. The molecule has 2 saturated heterocycles. The Balaban J connectivity index is 1.18. The van der Waals surface area contributed by atoms with Crippen LogP contribution in [0.4, 0.5) is 5.69 Å². The van der Waals surface area contributed by atoms with Crippen LogP contribution in [0, 0.1) is 0 Å². The number of hydrogen-bond acceptors (Lipinski definition) is 5. The topological polar surface area (TPSA) is 54.0 Å². The molecule has 5 rings (SSSR count). The second kappa shape index (κ2) is 9.18. The van der Waals surface area contributed by atoms with Crippen LogP contribution < -0.4 is 14.8 Å². The van der Waals surface area contributed by atoms with Crippen molar-refractivity contribution >= 4 is 11.6 Å². The van der Waals surface area contributed by atoms with Crippen molar-refractivity contribution in [3.8, 4) is 11.5 Å². The van der Waals surface area contributed by atoms with Gasteiger partial charge in [0.1, 0.15) is 0 Å². The summed E-state index contributed by atoms with van der Waals surface area (Å²) in [6.07, 6.45) is 6.00. The highest BCUT2D eigenvalue weighted by molar-refractivity contribution is 5.94. The van der Waals surface area contributed by atoms with E-state index in [4.69, 9.17) is 9.47 Å². The maximum Gasteiger partial charge on any atom is 0.253 e. The number of piperidine rings is 2. The molecule has 3 aliphatic rings. The van der Waals surface area contributed by atoms with Crippen LogP contribution in [-0.4, -0.2) is 54.7 Å². The van der Waals surface area contributed by atoms with E-state index >= 15 is 0 Å². The molecular weight excluding hydrogens is 390 g/mol. The first-order valence-electron chi connectivity index (χ1n) is 11.5. The fraction of sp³-hybridized carbons (Fsp3) is 0.480. The van der Waals surface area contributed by atoms with Crippen molar-refractivity contribution in [3.63, 3.8) is 0 Å². The molecule has 3 heterocycles. The van der Waals surface area contributed by atoms with Gasteiger partial charge in [-0.3, -0.25) is 9.69 Å². The third-order valence-electron chi connectivity index (χ3n) is 6.51. The second-order valence-electron chi connectivity index (χ2n) is 8.84. The van der Waals surface area contributed by atoms with Crippen molar-refractivity contribution in [2.24, 2.45) is 0 Å². The number of fused-ring (bicyclic) bond motifs is 1. The summed E-state index contributed by atoms with van der Waals surface area (Å²) in [6.45, 7) is 5.16. The lowest BCUT2D eigenvalue weighted by Gasteiger charge is -2.34. The molecule has 1 N–H and O–H groups in total. The largest absolute Gasteiger partial charge is 0.454 e. The van der Waals surface area contributed by atoms with Crippen LogP contribution in [0.25, 0.3) is 0 Å². The van der Waals surface area contributed by atoms with Gasteiger partial charge < -0.3 is 19.7 Å². The van der Waals surface area contributed by atoms with Gasteiger partial charge in [-0.2, -0.15) is 0 Å². The molecule has 0 saturated carbocycles. The molecule has 1 amide bonds. The van der Waals surface area contributed by atoms with Crippen molar-refractivity contribution in [1.29, 1.82) is 0 Å². The molecule has 6 nitrogen and oxygen atoms in total. The van der Waals surface area contributed by atoms with E-state index < -0.39 is 0 Å². The maximum atomic E-state index is 13.1. The van der Waals surface area contributed by atoms with E-state index in [2.05, 4.69) is 22.3 Å². The van der Waals surface area contributed by atoms with E-state index in [0.29, 0.717) is 6.54 Å². The fourth-order valence-electron chi connectivity index (χ4n) is 4.81. The number of carbonyl (C=O) groups excluding carboxylic acids is 1. The van der Waals surface area contributed by atoms with Crippen molar-refractivity contribution in [2.75, 3.05) is 38.3 Å². The molecule has 0 aromatic heterocycles. The van der Waals surface area contributed by atoms with Gasteiger partial charge in [-0.05, 0) is 68.6 Å². The highest BCUT2D eigenvalue weighted by Gasteiger charge is 2.25. The number of ether oxygens (including phenoxy) is 2. The summed E-state index contributed by atoms with van der Waals surface area (Å²) >= 11 is 0. The summed E-state index contributed by atoms with van der Waals surface area (Å²) in [6, 6.07) is 14.4. The van der Waals surface area contributed by atoms with E-state index in [0.717, 1.165) is 48.7 Å². The van der Waals surface area contributed by atoms with E-state index in [9.17, 15) is 4.79 Å². The number of amides is 1. The highest BCUT2D eigenvalue weighted by Crippen LogP contribution is 2.34. The molecule has 0 aliphatic carbocycles. The Morgan fingerprint density at radius 3 is 2.58 bits per heavy atom. The van der Waals surface area contributed by atoms with Crippen LogP contribution in [0.15, 0.2) is 42.5 Å². The van der Waals surface area contributed by atoms with Crippen molar-refractivity contribution < 1.29 is 14.3 Å². The number of nitrogens with one attached hydrogen (secondary N) is 1. The zero-order valence-corrected chi connectivity index (χ0v) is 18.0. The molecule has 0 spiro atoms. The quantitative estimate of drug-likeness (QED) is 0.787. The van der Waals surface area contributed by atoms with Crippen LogP contribution in [0.1, 0.15) is 48.0 Å². The Morgan fingerprint density at radius 2 is 1.74 bits per heavy atom. The normalized spacial score (nSPS) is 21.2. The van der Waals surface area contributed by atoms with Gasteiger partial charge in [0.05, 0.1) is 0 Å². The first-order valence-corrected chi connectivity index (χ1v) is 11.5. The third kappa shape index (κ3) is 4.79. The second-order valence-corrected chi connectivity index (χ2v) is 8.84. The van der Waals surface area contributed by atoms with Gasteiger partial charge in [0.15, 0.2) is 11.5 Å². The lowest BCUT2D eigenvalue weighted by molar-refractivity contribution is 0.0715.